The zero-order valence-electron chi connectivity index (χ0n) is 14.5. The van der Waals surface area contributed by atoms with Crippen LogP contribution in [0.1, 0.15) is 22.3 Å². The van der Waals surface area contributed by atoms with Crippen LogP contribution in [-0.4, -0.2) is 5.71 Å². The standard InChI is InChI=1S/C22H15F3N2/c1-15-18(13-14-19(26-2)20(15)22(23,24)25)27-21(16-9-5-3-6-10-16)17-11-7-4-8-12-17/h3-14H,1H3. The lowest BCUT2D eigenvalue weighted by Crippen LogP contribution is -2.08. The number of nitrogens with zero attached hydrogens (tertiary/aromatic N) is 2. The van der Waals surface area contributed by atoms with Gasteiger partial charge in [0, 0.05) is 11.1 Å². The van der Waals surface area contributed by atoms with Crippen LogP contribution in [0.5, 0.6) is 0 Å². The summed E-state index contributed by atoms with van der Waals surface area (Å²) in [6.45, 7) is 8.38. The fourth-order valence-electron chi connectivity index (χ4n) is 2.87. The minimum Gasteiger partial charge on any atom is -0.248 e. The van der Waals surface area contributed by atoms with E-state index in [0.717, 1.165) is 11.1 Å². The fraction of sp³-hybridized carbons (Fsp3) is 0.0909. The van der Waals surface area contributed by atoms with Crippen molar-refractivity contribution in [3.63, 3.8) is 0 Å². The summed E-state index contributed by atoms with van der Waals surface area (Å²) in [7, 11) is 0. The summed E-state index contributed by atoms with van der Waals surface area (Å²) in [6, 6.07) is 21.2. The van der Waals surface area contributed by atoms with Crippen molar-refractivity contribution in [1.29, 1.82) is 0 Å². The van der Waals surface area contributed by atoms with E-state index in [1.165, 1.54) is 19.1 Å². The van der Waals surface area contributed by atoms with E-state index in [4.69, 9.17) is 6.57 Å². The summed E-state index contributed by atoms with van der Waals surface area (Å²) in [5.74, 6) is 0. The maximum absolute atomic E-state index is 13.5. The van der Waals surface area contributed by atoms with Gasteiger partial charge in [-0.2, -0.15) is 13.2 Å². The molecule has 0 bridgehead atoms. The SMILES string of the molecule is [C-]#[N+]c1ccc(N=C(c2ccccc2)c2ccccc2)c(C)c1C(F)(F)F. The predicted octanol–water partition coefficient (Wildman–Crippen LogP) is 6.73. The number of hydrogen-bond donors (Lipinski definition) is 0. The number of hydrogen-bond acceptors (Lipinski definition) is 1. The summed E-state index contributed by atoms with van der Waals surface area (Å²) >= 11 is 0. The van der Waals surface area contributed by atoms with Gasteiger partial charge in [0.2, 0.25) is 0 Å². The van der Waals surface area contributed by atoms with Gasteiger partial charge in [-0.05, 0) is 18.6 Å². The van der Waals surface area contributed by atoms with E-state index in [9.17, 15) is 13.2 Å². The molecule has 0 N–H and O–H groups in total. The van der Waals surface area contributed by atoms with Gasteiger partial charge >= 0.3 is 6.18 Å². The van der Waals surface area contributed by atoms with Crippen LogP contribution in [0.15, 0.2) is 77.8 Å². The van der Waals surface area contributed by atoms with Crippen LogP contribution in [0.2, 0.25) is 0 Å². The van der Waals surface area contributed by atoms with Crippen molar-refractivity contribution >= 4 is 17.1 Å². The van der Waals surface area contributed by atoms with Crippen molar-refractivity contribution in [3.05, 3.63) is 106 Å². The summed E-state index contributed by atoms with van der Waals surface area (Å²) in [5, 5.41) is 0. The minimum absolute atomic E-state index is 0.0552. The number of halogens is 3. The number of benzene rings is 3. The molecule has 0 saturated heterocycles. The molecule has 0 aliphatic rings. The zero-order valence-corrected chi connectivity index (χ0v) is 14.5. The molecule has 3 aromatic rings. The van der Waals surface area contributed by atoms with E-state index in [2.05, 4.69) is 9.84 Å². The normalized spacial score (nSPS) is 10.9. The molecule has 0 aliphatic heterocycles. The Morgan fingerprint density at radius 1 is 0.852 bits per heavy atom. The largest absolute Gasteiger partial charge is 0.407 e. The molecule has 0 saturated carbocycles. The van der Waals surface area contributed by atoms with Gasteiger partial charge in [0.25, 0.3) is 0 Å². The maximum atomic E-state index is 13.5. The second kappa shape index (κ2) is 7.46. The van der Waals surface area contributed by atoms with Gasteiger partial charge < -0.3 is 0 Å². The second-order valence-electron chi connectivity index (χ2n) is 5.91. The van der Waals surface area contributed by atoms with Crippen LogP contribution >= 0.6 is 0 Å². The Kier molecular flexibility index (Phi) is 5.09. The quantitative estimate of drug-likeness (QED) is 0.362. The van der Waals surface area contributed by atoms with Crippen LogP contribution in [0, 0.1) is 13.5 Å². The Morgan fingerprint density at radius 3 is 1.81 bits per heavy atom. The van der Waals surface area contributed by atoms with Crippen molar-refractivity contribution in [2.75, 3.05) is 0 Å². The molecule has 0 fully saturated rings. The maximum Gasteiger partial charge on any atom is 0.407 e. The van der Waals surface area contributed by atoms with E-state index in [1.807, 2.05) is 60.7 Å². The van der Waals surface area contributed by atoms with Crippen molar-refractivity contribution in [2.45, 2.75) is 13.1 Å². The third-order valence-corrected chi connectivity index (χ3v) is 4.15. The highest BCUT2D eigenvalue weighted by atomic mass is 19.4. The molecule has 0 aliphatic carbocycles. The van der Waals surface area contributed by atoms with E-state index < -0.39 is 17.4 Å². The van der Waals surface area contributed by atoms with Gasteiger partial charge in [0.15, 0.2) is 5.69 Å². The van der Waals surface area contributed by atoms with Crippen LogP contribution in [0.4, 0.5) is 24.5 Å². The first kappa shape index (κ1) is 18.4. The Balaban J connectivity index is 2.25. The Hall–Kier alpha value is -3.39. The third-order valence-electron chi connectivity index (χ3n) is 4.15. The molecule has 0 spiro atoms. The molecular weight excluding hydrogens is 349 g/mol. The van der Waals surface area contributed by atoms with Gasteiger partial charge in [0.1, 0.15) is 0 Å². The van der Waals surface area contributed by atoms with Gasteiger partial charge in [-0.15, -0.1) is 0 Å². The molecule has 134 valence electrons. The molecule has 5 heteroatoms. The minimum atomic E-state index is -4.62. The molecule has 0 amide bonds. The molecule has 2 nitrogen and oxygen atoms in total. The van der Waals surface area contributed by atoms with E-state index in [0.29, 0.717) is 5.71 Å². The van der Waals surface area contributed by atoms with Gasteiger partial charge in [0.05, 0.1) is 23.5 Å². The van der Waals surface area contributed by atoms with Gasteiger partial charge in [-0.25, -0.2) is 9.84 Å². The molecule has 0 atom stereocenters. The van der Waals surface area contributed by atoms with Crippen molar-refractivity contribution in [3.8, 4) is 0 Å². The molecule has 0 heterocycles. The fourth-order valence-corrected chi connectivity index (χ4v) is 2.87. The number of alkyl halides is 3. The smallest absolute Gasteiger partial charge is 0.248 e. The van der Waals surface area contributed by atoms with E-state index in [1.54, 1.807) is 0 Å². The van der Waals surface area contributed by atoms with Crippen LogP contribution < -0.4 is 0 Å². The third kappa shape index (κ3) is 3.90. The summed E-state index contributed by atoms with van der Waals surface area (Å²) < 4.78 is 40.4. The lowest BCUT2D eigenvalue weighted by molar-refractivity contribution is -0.137. The summed E-state index contributed by atoms with van der Waals surface area (Å²) in [6.07, 6.45) is -4.62. The van der Waals surface area contributed by atoms with Crippen LogP contribution in [0.25, 0.3) is 4.85 Å². The average Bonchev–Trinajstić information content (AvgIpc) is 2.67. The van der Waals surface area contributed by atoms with Crippen LogP contribution in [-0.2, 0) is 6.18 Å². The molecule has 0 radical (unpaired) electrons. The first-order chi connectivity index (χ1) is 12.9. The first-order valence-corrected chi connectivity index (χ1v) is 8.19. The highest BCUT2D eigenvalue weighted by molar-refractivity contribution is 6.14. The molecular formula is C22H15F3N2. The molecule has 3 rings (SSSR count). The van der Waals surface area contributed by atoms with Gasteiger partial charge in [-0.1, -0.05) is 66.7 Å². The zero-order chi connectivity index (χ0) is 19.4. The number of rotatable bonds is 3. The lowest BCUT2D eigenvalue weighted by Gasteiger charge is -2.15. The van der Waals surface area contributed by atoms with Gasteiger partial charge in [-0.3, -0.25) is 0 Å². The first-order valence-electron chi connectivity index (χ1n) is 8.19. The van der Waals surface area contributed by atoms with E-state index in [-0.39, 0.29) is 11.3 Å². The molecule has 27 heavy (non-hydrogen) atoms. The molecule has 3 aromatic carbocycles. The molecule has 0 unspecified atom stereocenters. The predicted molar refractivity (Wildman–Crippen MR) is 101 cm³/mol. The highest BCUT2D eigenvalue weighted by Gasteiger charge is 2.36. The van der Waals surface area contributed by atoms with Crippen molar-refractivity contribution < 1.29 is 13.2 Å². The second-order valence-corrected chi connectivity index (χ2v) is 5.91. The summed E-state index contributed by atoms with van der Waals surface area (Å²) in [4.78, 5) is 7.58. The Labute approximate surface area is 155 Å². The summed E-state index contributed by atoms with van der Waals surface area (Å²) in [5.41, 5.74) is 0.955. The average molecular weight is 364 g/mol. The monoisotopic (exact) mass is 364 g/mol. The lowest BCUT2D eigenvalue weighted by atomic mass is 10.0. The topological polar surface area (TPSA) is 16.7 Å². The number of aliphatic imine (C=N–C) groups is 1. The Bertz CT molecular complexity index is 974. The highest BCUT2D eigenvalue weighted by Crippen LogP contribution is 2.42. The Morgan fingerprint density at radius 2 is 1.37 bits per heavy atom. The van der Waals surface area contributed by atoms with Crippen LogP contribution in [0.3, 0.4) is 0 Å². The molecule has 0 aromatic heterocycles. The van der Waals surface area contributed by atoms with E-state index >= 15 is 0 Å². The van der Waals surface area contributed by atoms with Crippen molar-refractivity contribution in [1.82, 2.24) is 0 Å². The van der Waals surface area contributed by atoms with Crippen molar-refractivity contribution in [2.24, 2.45) is 4.99 Å².